The predicted octanol–water partition coefficient (Wildman–Crippen LogP) is 2.48. The highest BCUT2D eigenvalue weighted by molar-refractivity contribution is 5.95. The van der Waals surface area contributed by atoms with Gasteiger partial charge >= 0.3 is 0 Å². The first kappa shape index (κ1) is 15.3. The normalized spacial score (nSPS) is 8.94. The van der Waals surface area contributed by atoms with Crippen molar-refractivity contribution in [1.29, 1.82) is 0 Å². The first-order valence-corrected chi connectivity index (χ1v) is 6.04. The van der Waals surface area contributed by atoms with Gasteiger partial charge in [0.15, 0.2) is 0 Å². The number of nitrogens with one attached hydrogen (secondary N) is 2. The summed E-state index contributed by atoms with van der Waals surface area (Å²) < 4.78 is 0. The van der Waals surface area contributed by atoms with Crippen LogP contribution in [0.4, 0.5) is 11.4 Å². The molecule has 4 nitrogen and oxygen atoms in total. The molecule has 0 saturated carbocycles. The minimum Gasteiger partial charge on any atom is -0.397 e. The molecule has 0 atom stereocenters. The number of carbonyl (C=O) groups excluding carboxylic acids is 1. The fraction of sp³-hybridized carbons (Fsp3) is 0.462. The second-order valence-electron chi connectivity index (χ2n) is 3.31. The lowest BCUT2D eigenvalue weighted by Crippen LogP contribution is -2.18. The van der Waals surface area contributed by atoms with Crippen LogP contribution in [0.25, 0.3) is 0 Å². The second kappa shape index (κ2) is 8.44. The number of hydrogen-bond acceptors (Lipinski definition) is 3. The summed E-state index contributed by atoms with van der Waals surface area (Å²) in [6.45, 7) is 6.96. The Kier molecular flexibility index (Phi) is 7.59. The lowest BCUT2D eigenvalue weighted by Gasteiger charge is -2.09. The number of nitrogen functional groups attached to an aromatic ring is 1. The predicted molar refractivity (Wildman–Crippen MR) is 74.4 cm³/mol. The van der Waals surface area contributed by atoms with Gasteiger partial charge in [0.2, 0.25) is 0 Å². The summed E-state index contributed by atoms with van der Waals surface area (Å²) in [7, 11) is 1.60. The van der Waals surface area contributed by atoms with Gasteiger partial charge in [0.1, 0.15) is 0 Å². The van der Waals surface area contributed by atoms with E-state index in [0.717, 1.165) is 18.7 Å². The summed E-state index contributed by atoms with van der Waals surface area (Å²) in [6, 6.07) is 5.26. The summed E-state index contributed by atoms with van der Waals surface area (Å²) in [6.07, 6.45) is 1.04. The Morgan fingerprint density at radius 2 is 2.00 bits per heavy atom. The summed E-state index contributed by atoms with van der Waals surface area (Å²) in [5.41, 5.74) is 7.87. The summed E-state index contributed by atoms with van der Waals surface area (Å²) >= 11 is 0. The smallest absolute Gasteiger partial charge is 0.251 e. The van der Waals surface area contributed by atoms with E-state index in [4.69, 9.17) is 5.73 Å². The molecule has 0 aromatic heterocycles. The number of anilines is 2. The zero-order chi connectivity index (χ0) is 13.3. The van der Waals surface area contributed by atoms with E-state index in [1.54, 1.807) is 19.2 Å². The van der Waals surface area contributed by atoms with Gasteiger partial charge in [0, 0.05) is 19.2 Å². The van der Waals surface area contributed by atoms with E-state index >= 15 is 0 Å². The van der Waals surface area contributed by atoms with E-state index in [1.165, 1.54) is 0 Å². The molecular weight excluding hydrogens is 214 g/mol. The Hall–Kier alpha value is -1.71. The van der Waals surface area contributed by atoms with Gasteiger partial charge in [-0.25, -0.2) is 0 Å². The van der Waals surface area contributed by atoms with E-state index in [2.05, 4.69) is 17.6 Å². The molecule has 0 spiro atoms. The SMILES string of the molecule is CC.CCCNc1ccc(C(=O)NC)cc1N. The van der Waals surface area contributed by atoms with Gasteiger partial charge in [0.25, 0.3) is 5.91 Å². The van der Waals surface area contributed by atoms with Crippen LogP contribution >= 0.6 is 0 Å². The molecule has 0 aliphatic heterocycles. The third kappa shape index (κ3) is 4.76. The van der Waals surface area contributed by atoms with Crippen LogP contribution in [-0.4, -0.2) is 19.5 Å². The fourth-order valence-electron chi connectivity index (χ4n) is 1.27. The molecule has 0 saturated heterocycles. The molecule has 0 heterocycles. The highest BCUT2D eigenvalue weighted by atomic mass is 16.1. The highest BCUT2D eigenvalue weighted by Crippen LogP contribution is 2.19. The van der Waals surface area contributed by atoms with Gasteiger partial charge in [-0.15, -0.1) is 0 Å². The Morgan fingerprint density at radius 1 is 1.35 bits per heavy atom. The first-order valence-electron chi connectivity index (χ1n) is 6.04. The van der Waals surface area contributed by atoms with Crippen LogP contribution < -0.4 is 16.4 Å². The molecule has 0 unspecified atom stereocenters. The van der Waals surface area contributed by atoms with E-state index in [-0.39, 0.29) is 5.91 Å². The molecule has 1 rings (SSSR count). The first-order chi connectivity index (χ1) is 8.19. The number of nitrogens with two attached hydrogens (primary N) is 1. The van der Waals surface area contributed by atoms with Crippen molar-refractivity contribution in [2.75, 3.05) is 24.6 Å². The van der Waals surface area contributed by atoms with Crippen LogP contribution in [0.3, 0.4) is 0 Å². The molecule has 1 aromatic carbocycles. The molecular formula is C13H23N3O. The average molecular weight is 237 g/mol. The van der Waals surface area contributed by atoms with Crippen molar-refractivity contribution >= 4 is 17.3 Å². The molecule has 1 aromatic rings. The minimum absolute atomic E-state index is 0.122. The fourth-order valence-corrected chi connectivity index (χ4v) is 1.27. The van der Waals surface area contributed by atoms with Crippen LogP contribution in [0.2, 0.25) is 0 Å². The van der Waals surface area contributed by atoms with E-state index < -0.39 is 0 Å². The molecule has 0 radical (unpaired) electrons. The molecule has 4 N–H and O–H groups in total. The van der Waals surface area contributed by atoms with Crippen molar-refractivity contribution in [2.45, 2.75) is 27.2 Å². The van der Waals surface area contributed by atoms with Crippen LogP contribution in [0.1, 0.15) is 37.6 Å². The zero-order valence-electron chi connectivity index (χ0n) is 11.1. The quantitative estimate of drug-likeness (QED) is 0.705. The number of hydrogen-bond donors (Lipinski definition) is 3. The van der Waals surface area contributed by atoms with E-state index in [9.17, 15) is 4.79 Å². The van der Waals surface area contributed by atoms with Crippen LogP contribution in [0.5, 0.6) is 0 Å². The molecule has 0 aliphatic rings. The Bertz CT molecular complexity index is 351. The van der Waals surface area contributed by atoms with Gasteiger partial charge < -0.3 is 16.4 Å². The molecule has 4 heteroatoms. The maximum absolute atomic E-state index is 11.3. The molecule has 96 valence electrons. The highest BCUT2D eigenvalue weighted by Gasteiger charge is 2.05. The van der Waals surface area contributed by atoms with Gasteiger partial charge in [-0.2, -0.15) is 0 Å². The van der Waals surface area contributed by atoms with Gasteiger partial charge in [-0.1, -0.05) is 20.8 Å². The third-order valence-electron chi connectivity index (χ3n) is 2.11. The summed E-state index contributed by atoms with van der Waals surface area (Å²) in [5, 5.41) is 5.75. The lowest BCUT2D eigenvalue weighted by atomic mass is 10.1. The summed E-state index contributed by atoms with van der Waals surface area (Å²) in [5.74, 6) is -0.122. The maximum atomic E-state index is 11.3. The van der Waals surface area contributed by atoms with Crippen LogP contribution in [0, 0.1) is 0 Å². The lowest BCUT2D eigenvalue weighted by molar-refractivity contribution is 0.0963. The Morgan fingerprint density at radius 3 is 2.47 bits per heavy atom. The number of amides is 1. The Labute approximate surface area is 104 Å². The van der Waals surface area contributed by atoms with E-state index in [0.29, 0.717) is 11.3 Å². The van der Waals surface area contributed by atoms with Crippen molar-refractivity contribution < 1.29 is 4.79 Å². The van der Waals surface area contributed by atoms with Gasteiger partial charge in [0.05, 0.1) is 11.4 Å². The number of benzene rings is 1. The molecule has 1 amide bonds. The average Bonchev–Trinajstić information content (AvgIpc) is 2.38. The molecule has 0 aliphatic carbocycles. The van der Waals surface area contributed by atoms with Crippen LogP contribution in [0.15, 0.2) is 18.2 Å². The topological polar surface area (TPSA) is 67.2 Å². The van der Waals surface area contributed by atoms with E-state index in [1.807, 2.05) is 19.9 Å². The molecule has 0 fully saturated rings. The third-order valence-corrected chi connectivity index (χ3v) is 2.11. The number of carbonyl (C=O) groups is 1. The zero-order valence-corrected chi connectivity index (χ0v) is 11.1. The molecule has 17 heavy (non-hydrogen) atoms. The minimum atomic E-state index is -0.122. The van der Waals surface area contributed by atoms with Crippen molar-refractivity contribution in [3.63, 3.8) is 0 Å². The monoisotopic (exact) mass is 237 g/mol. The van der Waals surface area contributed by atoms with Gasteiger partial charge in [-0.3, -0.25) is 4.79 Å². The largest absolute Gasteiger partial charge is 0.397 e. The van der Waals surface area contributed by atoms with Crippen molar-refractivity contribution in [1.82, 2.24) is 5.32 Å². The van der Waals surface area contributed by atoms with Crippen molar-refractivity contribution in [3.05, 3.63) is 23.8 Å². The van der Waals surface area contributed by atoms with Crippen LogP contribution in [-0.2, 0) is 0 Å². The van der Waals surface area contributed by atoms with Crippen molar-refractivity contribution in [3.8, 4) is 0 Å². The standard InChI is InChI=1S/C11H17N3O.C2H6/c1-3-6-14-10-5-4-8(7-9(10)12)11(15)13-2;1-2/h4-5,7,14H,3,6,12H2,1-2H3,(H,13,15);1-2H3. The van der Waals surface area contributed by atoms with Crippen molar-refractivity contribution in [2.24, 2.45) is 0 Å². The summed E-state index contributed by atoms with van der Waals surface area (Å²) in [4.78, 5) is 11.3. The second-order valence-corrected chi connectivity index (χ2v) is 3.31. The van der Waals surface area contributed by atoms with Gasteiger partial charge in [-0.05, 0) is 24.6 Å². The molecule has 0 bridgehead atoms. The Balaban J connectivity index is 0.00000121. The maximum Gasteiger partial charge on any atom is 0.251 e. The number of rotatable bonds is 4.